The van der Waals surface area contributed by atoms with Gasteiger partial charge in [-0.1, -0.05) is 23.3 Å². The molecule has 0 aliphatic carbocycles. The number of rotatable bonds is 9. The van der Waals surface area contributed by atoms with Gasteiger partial charge in [-0.15, -0.1) is 0 Å². The van der Waals surface area contributed by atoms with Gasteiger partial charge in [0.1, 0.15) is 17.2 Å². The molecule has 0 radical (unpaired) electrons. The summed E-state index contributed by atoms with van der Waals surface area (Å²) in [5.41, 5.74) is 4.14. The minimum atomic E-state index is -0.409. The second-order valence-corrected chi connectivity index (χ2v) is 7.75. The molecule has 0 aliphatic heterocycles. The average molecular weight is 425 g/mol. The van der Waals surface area contributed by atoms with E-state index in [-0.39, 0.29) is 0 Å². The zero-order valence-electron chi connectivity index (χ0n) is 19.5. The second kappa shape index (κ2) is 11.3. The van der Waals surface area contributed by atoms with Crippen LogP contribution in [0.15, 0.2) is 53.6 Å². The third-order valence-electron chi connectivity index (χ3n) is 4.53. The van der Waals surface area contributed by atoms with Crippen molar-refractivity contribution >= 4 is 5.97 Å². The van der Waals surface area contributed by atoms with Crippen LogP contribution in [0.4, 0.5) is 0 Å². The Labute approximate surface area is 185 Å². The van der Waals surface area contributed by atoms with E-state index in [0.29, 0.717) is 35.8 Å². The van der Waals surface area contributed by atoms with Crippen molar-refractivity contribution in [1.29, 1.82) is 0 Å². The largest absolute Gasteiger partial charge is 0.497 e. The van der Waals surface area contributed by atoms with Crippen LogP contribution in [0.25, 0.3) is 0 Å². The molecule has 0 saturated heterocycles. The molecule has 0 aromatic heterocycles. The summed E-state index contributed by atoms with van der Waals surface area (Å²) < 4.78 is 22.7. The topological polar surface area (TPSA) is 54.0 Å². The maximum absolute atomic E-state index is 11.8. The monoisotopic (exact) mass is 424 g/mol. The van der Waals surface area contributed by atoms with Crippen LogP contribution in [-0.4, -0.2) is 20.2 Å². The molecule has 5 heteroatoms. The van der Waals surface area contributed by atoms with Gasteiger partial charge in [0.05, 0.1) is 14.2 Å². The first kappa shape index (κ1) is 24.1. The highest BCUT2D eigenvalue weighted by molar-refractivity contribution is 5.72. The van der Waals surface area contributed by atoms with Gasteiger partial charge in [0.15, 0.2) is 11.5 Å². The summed E-state index contributed by atoms with van der Waals surface area (Å²) in [6.07, 6.45) is 5.47. The van der Waals surface area contributed by atoms with E-state index in [4.69, 9.17) is 18.9 Å². The van der Waals surface area contributed by atoms with Crippen LogP contribution in [-0.2, 0) is 17.6 Å². The maximum Gasteiger partial charge on any atom is 0.308 e. The molecule has 0 bridgehead atoms. The first-order valence-electron chi connectivity index (χ1n) is 10.2. The quantitative estimate of drug-likeness (QED) is 0.263. The van der Waals surface area contributed by atoms with Crippen molar-refractivity contribution in [3.63, 3.8) is 0 Å². The predicted molar refractivity (Wildman–Crippen MR) is 124 cm³/mol. The van der Waals surface area contributed by atoms with Crippen LogP contribution in [0, 0.1) is 0 Å². The predicted octanol–water partition coefficient (Wildman–Crippen LogP) is 6.44. The molecule has 0 atom stereocenters. The first-order chi connectivity index (χ1) is 14.7. The van der Waals surface area contributed by atoms with Crippen molar-refractivity contribution in [1.82, 2.24) is 0 Å². The maximum atomic E-state index is 11.8. The minimum Gasteiger partial charge on any atom is -0.497 e. The molecule has 0 saturated carbocycles. The van der Waals surface area contributed by atoms with E-state index in [1.807, 2.05) is 38.1 Å². The van der Waals surface area contributed by atoms with Crippen molar-refractivity contribution in [2.24, 2.45) is 0 Å². The number of allylic oxidation sites excluding steroid dienone is 4. The highest BCUT2D eigenvalue weighted by atomic mass is 16.6. The Kier molecular flexibility index (Phi) is 8.74. The molecule has 31 heavy (non-hydrogen) atoms. The summed E-state index contributed by atoms with van der Waals surface area (Å²) >= 11 is 0. The lowest BCUT2D eigenvalue weighted by Crippen LogP contribution is -2.06. The number of carbonyl (C=O) groups is 1. The fourth-order valence-corrected chi connectivity index (χ4v) is 2.93. The molecule has 0 unspecified atom stereocenters. The van der Waals surface area contributed by atoms with Crippen molar-refractivity contribution in [3.05, 3.63) is 64.8 Å². The lowest BCUT2D eigenvalue weighted by atomic mass is 10.1. The van der Waals surface area contributed by atoms with Gasteiger partial charge in [-0.2, -0.15) is 0 Å². The molecular weight excluding hydrogens is 392 g/mol. The number of ether oxygens (including phenoxy) is 4. The average Bonchev–Trinajstić information content (AvgIpc) is 2.72. The highest BCUT2D eigenvalue weighted by Gasteiger charge is 2.18. The molecule has 2 aromatic carbocycles. The number of carbonyl (C=O) groups excluding carboxylic acids is 1. The fourth-order valence-electron chi connectivity index (χ4n) is 2.93. The van der Waals surface area contributed by atoms with Gasteiger partial charge >= 0.3 is 5.97 Å². The van der Waals surface area contributed by atoms with Crippen LogP contribution in [0.1, 0.15) is 45.7 Å². The van der Waals surface area contributed by atoms with Gasteiger partial charge in [-0.25, -0.2) is 0 Å². The van der Waals surface area contributed by atoms with Crippen molar-refractivity contribution in [2.75, 3.05) is 14.2 Å². The summed E-state index contributed by atoms with van der Waals surface area (Å²) in [4.78, 5) is 11.8. The van der Waals surface area contributed by atoms with Crippen LogP contribution >= 0.6 is 0 Å². The van der Waals surface area contributed by atoms with Gasteiger partial charge in [-0.05, 0) is 64.8 Å². The zero-order valence-corrected chi connectivity index (χ0v) is 19.5. The van der Waals surface area contributed by atoms with E-state index in [1.54, 1.807) is 20.3 Å². The van der Waals surface area contributed by atoms with E-state index in [1.165, 1.54) is 18.1 Å². The van der Waals surface area contributed by atoms with Crippen LogP contribution in [0.2, 0.25) is 0 Å². The van der Waals surface area contributed by atoms with Crippen LogP contribution < -0.4 is 18.9 Å². The molecule has 0 N–H and O–H groups in total. The smallest absolute Gasteiger partial charge is 0.308 e. The van der Waals surface area contributed by atoms with Gasteiger partial charge in [0.25, 0.3) is 0 Å². The summed E-state index contributed by atoms with van der Waals surface area (Å²) in [6.45, 7) is 9.53. The fraction of sp³-hybridized carbons (Fsp3) is 0.346. The summed E-state index contributed by atoms with van der Waals surface area (Å²) in [5, 5.41) is 0. The van der Waals surface area contributed by atoms with Crippen LogP contribution in [0.3, 0.4) is 0 Å². The second-order valence-electron chi connectivity index (χ2n) is 7.75. The molecule has 0 fully saturated rings. The molecule has 166 valence electrons. The molecule has 2 aromatic rings. The molecule has 0 spiro atoms. The van der Waals surface area contributed by atoms with Gasteiger partial charge < -0.3 is 18.9 Å². The Morgan fingerprint density at radius 3 is 1.90 bits per heavy atom. The number of esters is 1. The first-order valence-corrected chi connectivity index (χ1v) is 10.2. The lowest BCUT2D eigenvalue weighted by molar-refractivity contribution is -0.132. The molecular formula is C26H32O5. The number of benzene rings is 2. The summed E-state index contributed by atoms with van der Waals surface area (Å²) in [7, 11) is 3.24. The van der Waals surface area contributed by atoms with Crippen LogP contribution in [0.5, 0.6) is 28.7 Å². The van der Waals surface area contributed by atoms with Crippen molar-refractivity contribution in [2.45, 2.75) is 47.5 Å². The Morgan fingerprint density at radius 1 is 0.774 bits per heavy atom. The Bertz CT molecular complexity index is 978. The van der Waals surface area contributed by atoms with E-state index in [0.717, 1.165) is 16.9 Å². The number of hydrogen-bond donors (Lipinski definition) is 0. The molecule has 0 heterocycles. The summed E-state index contributed by atoms with van der Waals surface area (Å²) in [5.74, 6) is 2.45. The van der Waals surface area contributed by atoms with E-state index >= 15 is 0 Å². The van der Waals surface area contributed by atoms with E-state index in [2.05, 4.69) is 26.0 Å². The number of methoxy groups -OCH3 is 2. The Morgan fingerprint density at radius 2 is 1.35 bits per heavy atom. The standard InChI is InChI=1S/C26H32O5/c1-17(2)8-10-20-14-22(28-6)12-13-24(20)31-25-16-23(29-7)15-21(11-9-18(3)4)26(25)30-19(5)27/h8-9,12-16H,10-11H2,1-7H3. The summed E-state index contributed by atoms with van der Waals surface area (Å²) in [6, 6.07) is 9.25. The van der Waals surface area contributed by atoms with Crippen molar-refractivity contribution < 1.29 is 23.7 Å². The van der Waals surface area contributed by atoms with Gasteiger partial charge in [0.2, 0.25) is 0 Å². The number of hydrogen-bond acceptors (Lipinski definition) is 5. The van der Waals surface area contributed by atoms with E-state index in [9.17, 15) is 4.79 Å². The SMILES string of the molecule is COc1ccc(Oc2cc(OC)cc(CC=C(C)C)c2OC(C)=O)c(CC=C(C)C)c1. The molecule has 0 aliphatic rings. The lowest BCUT2D eigenvalue weighted by Gasteiger charge is -2.18. The molecule has 2 rings (SSSR count). The molecule has 0 amide bonds. The van der Waals surface area contributed by atoms with Crippen molar-refractivity contribution in [3.8, 4) is 28.7 Å². The Hall–Kier alpha value is -3.21. The minimum absolute atomic E-state index is 0.398. The normalized spacial score (nSPS) is 10.2. The Balaban J connectivity index is 2.58. The highest BCUT2D eigenvalue weighted by Crippen LogP contribution is 2.41. The van der Waals surface area contributed by atoms with E-state index < -0.39 is 5.97 Å². The van der Waals surface area contributed by atoms with Gasteiger partial charge in [-0.3, -0.25) is 4.79 Å². The van der Waals surface area contributed by atoms with Gasteiger partial charge in [0, 0.05) is 24.1 Å². The molecule has 5 nitrogen and oxygen atoms in total. The third kappa shape index (κ3) is 7.21. The zero-order chi connectivity index (χ0) is 23.0. The third-order valence-corrected chi connectivity index (χ3v) is 4.53.